The van der Waals surface area contributed by atoms with E-state index in [9.17, 15) is 14.3 Å². The molecule has 1 aromatic heterocycles. The van der Waals surface area contributed by atoms with Crippen LogP contribution < -0.4 is 10.1 Å². The van der Waals surface area contributed by atoms with E-state index >= 15 is 0 Å². The molecule has 2 aromatic rings. The molecule has 4 rings (SSSR count). The number of carbonyl (C=O) groups is 1. The number of fused-ring (bicyclic) bond motifs is 1. The van der Waals surface area contributed by atoms with Gasteiger partial charge in [-0.3, -0.25) is 9.69 Å². The number of halogens is 1. The molecule has 2 N–H and O–H groups in total. The van der Waals surface area contributed by atoms with E-state index in [1.165, 1.54) is 31.6 Å². The molecule has 0 aliphatic carbocycles. The molecule has 2 aliphatic heterocycles. The number of hydrogen-bond donors (Lipinski definition) is 2. The Hall–Kier alpha value is -2.71. The third-order valence-electron chi connectivity index (χ3n) is 8.23. The van der Waals surface area contributed by atoms with Crippen molar-refractivity contribution in [2.75, 3.05) is 39.1 Å². The van der Waals surface area contributed by atoms with Gasteiger partial charge < -0.3 is 20.1 Å². The summed E-state index contributed by atoms with van der Waals surface area (Å²) in [6.07, 6.45) is 9.64. The number of hydrogen-bond acceptors (Lipinski definition) is 6. The summed E-state index contributed by atoms with van der Waals surface area (Å²) in [5, 5.41) is 13.8. The Morgan fingerprint density at radius 3 is 2.84 bits per heavy atom. The topological polar surface area (TPSA) is 77.9 Å². The number of unbranched alkanes of at least 4 members (excludes halogenated alkanes) is 2. The van der Waals surface area contributed by atoms with Crippen LogP contribution in [0.25, 0.3) is 0 Å². The van der Waals surface area contributed by atoms with Crippen molar-refractivity contribution in [2.45, 2.75) is 82.8 Å². The molecule has 0 radical (unpaired) electrons. The van der Waals surface area contributed by atoms with E-state index in [1.54, 1.807) is 6.07 Å². The number of nitrogens with zero attached hydrogens (tertiary/aromatic N) is 3. The van der Waals surface area contributed by atoms with Crippen molar-refractivity contribution in [1.82, 2.24) is 14.8 Å². The highest BCUT2D eigenvalue weighted by Crippen LogP contribution is 2.37. The van der Waals surface area contributed by atoms with Crippen molar-refractivity contribution < 1.29 is 19.0 Å². The summed E-state index contributed by atoms with van der Waals surface area (Å²) in [5.74, 6) is -0.309. The highest BCUT2D eigenvalue weighted by molar-refractivity contribution is 5.77. The predicted molar refractivity (Wildman–Crippen MR) is 148 cm³/mol. The zero-order chi connectivity index (χ0) is 27.2. The predicted octanol–water partition coefficient (Wildman–Crippen LogP) is 5.47. The molecule has 38 heavy (non-hydrogen) atoms. The van der Waals surface area contributed by atoms with E-state index < -0.39 is 17.8 Å². The second-order valence-corrected chi connectivity index (χ2v) is 11.2. The highest BCUT2D eigenvalue weighted by atomic mass is 19.1. The van der Waals surface area contributed by atoms with Gasteiger partial charge in [-0.1, -0.05) is 32.8 Å². The first-order chi connectivity index (χ1) is 18.3. The van der Waals surface area contributed by atoms with Crippen LogP contribution in [-0.2, 0) is 11.2 Å². The Labute approximate surface area is 226 Å². The summed E-state index contributed by atoms with van der Waals surface area (Å²) in [6.45, 7) is 6.24. The summed E-state index contributed by atoms with van der Waals surface area (Å²) in [5.41, 5.74) is 2.50. The minimum absolute atomic E-state index is 0.0327. The lowest BCUT2D eigenvalue weighted by Gasteiger charge is -2.29. The van der Waals surface area contributed by atoms with Gasteiger partial charge in [0.1, 0.15) is 11.9 Å². The van der Waals surface area contributed by atoms with Crippen LogP contribution in [0, 0.1) is 5.82 Å². The lowest BCUT2D eigenvalue weighted by atomic mass is 9.95. The molecular weight excluding hydrogens is 483 g/mol. The van der Waals surface area contributed by atoms with Crippen molar-refractivity contribution >= 4 is 11.8 Å². The van der Waals surface area contributed by atoms with Gasteiger partial charge in [-0.25, -0.2) is 9.37 Å². The highest BCUT2D eigenvalue weighted by Gasteiger charge is 2.37. The molecule has 1 fully saturated rings. The van der Waals surface area contributed by atoms with Gasteiger partial charge >= 0.3 is 5.97 Å². The molecule has 7 nitrogen and oxygen atoms in total. The molecule has 8 heteroatoms. The fourth-order valence-corrected chi connectivity index (χ4v) is 5.93. The Morgan fingerprint density at radius 2 is 2.11 bits per heavy atom. The number of rotatable bonds is 12. The van der Waals surface area contributed by atoms with Crippen LogP contribution >= 0.6 is 0 Å². The van der Waals surface area contributed by atoms with Crippen molar-refractivity contribution in [3.05, 3.63) is 53.0 Å². The minimum atomic E-state index is -0.971. The lowest BCUT2D eigenvalue weighted by Crippen LogP contribution is -2.38. The molecular formula is C30H43FN4O3. The quantitative estimate of drug-likeness (QED) is 0.355. The number of aryl methyl sites for hydroxylation is 1. The maximum absolute atomic E-state index is 14.8. The first-order valence-electron chi connectivity index (χ1n) is 14.0. The lowest BCUT2D eigenvalue weighted by molar-refractivity contribution is -0.143. The maximum Gasteiger partial charge on any atom is 0.325 e. The van der Waals surface area contributed by atoms with E-state index in [2.05, 4.69) is 28.3 Å². The number of likely N-dealkylation sites (N-methyl/N-ethyl adjacent to an activating group) is 1. The van der Waals surface area contributed by atoms with Crippen LogP contribution in [0.4, 0.5) is 10.2 Å². The van der Waals surface area contributed by atoms with Crippen molar-refractivity contribution in [3.8, 4) is 5.75 Å². The molecule has 0 spiro atoms. The van der Waals surface area contributed by atoms with Crippen LogP contribution in [0.3, 0.4) is 0 Å². The molecule has 3 atom stereocenters. The van der Waals surface area contributed by atoms with Crippen LogP contribution in [0.1, 0.15) is 81.0 Å². The first-order valence-corrected chi connectivity index (χ1v) is 14.0. The number of benzene rings is 1. The number of aromatic nitrogens is 1. The molecule has 2 aliphatic rings. The number of ether oxygens (including phenoxy) is 1. The third-order valence-corrected chi connectivity index (χ3v) is 8.23. The summed E-state index contributed by atoms with van der Waals surface area (Å²) < 4.78 is 20.2. The van der Waals surface area contributed by atoms with Gasteiger partial charge in [0.2, 0.25) is 0 Å². The first kappa shape index (κ1) is 28.3. The van der Waals surface area contributed by atoms with E-state index in [0.29, 0.717) is 24.7 Å². The minimum Gasteiger partial charge on any atom is -0.493 e. The van der Waals surface area contributed by atoms with Gasteiger partial charge in [0.05, 0.1) is 7.11 Å². The number of pyridine rings is 1. The molecule has 0 unspecified atom stereocenters. The number of anilines is 1. The molecule has 3 heterocycles. The smallest absolute Gasteiger partial charge is 0.325 e. The fraction of sp³-hybridized carbons (Fsp3) is 0.600. The maximum atomic E-state index is 14.8. The molecule has 0 bridgehead atoms. The normalized spacial score (nSPS) is 20.4. The summed E-state index contributed by atoms with van der Waals surface area (Å²) >= 11 is 0. The number of likely N-dealkylation sites (tertiary alicyclic amines) is 1. The number of nitrogens with one attached hydrogen (secondary N) is 1. The molecule has 0 saturated carbocycles. The summed E-state index contributed by atoms with van der Waals surface area (Å²) in [7, 11) is 3.53. The Balaban J connectivity index is 1.27. The second-order valence-electron chi connectivity index (χ2n) is 11.2. The fourth-order valence-electron chi connectivity index (χ4n) is 5.93. The van der Waals surface area contributed by atoms with Gasteiger partial charge in [-0.15, -0.1) is 0 Å². The Morgan fingerprint density at radius 1 is 1.29 bits per heavy atom. The molecule has 1 aromatic carbocycles. The molecule has 0 amide bonds. The van der Waals surface area contributed by atoms with Crippen LogP contribution in [0.2, 0.25) is 0 Å². The summed E-state index contributed by atoms with van der Waals surface area (Å²) in [6, 6.07) is 7.26. The van der Waals surface area contributed by atoms with E-state index in [4.69, 9.17) is 4.74 Å². The largest absolute Gasteiger partial charge is 0.493 e. The van der Waals surface area contributed by atoms with Gasteiger partial charge in [0, 0.05) is 36.9 Å². The van der Waals surface area contributed by atoms with Crippen LogP contribution in [0.15, 0.2) is 30.5 Å². The van der Waals surface area contributed by atoms with Crippen molar-refractivity contribution in [2.24, 2.45) is 0 Å². The molecule has 1 saturated heterocycles. The average Bonchev–Trinajstić information content (AvgIpc) is 3.37. The van der Waals surface area contributed by atoms with Crippen LogP contribution in [-0.4, -0.2) is 71.7 Å². The zero-order valence-corrected chi connectivity index (χ0v) is 23.3. The van der Waals surface area contributed by atoms with Gasteiger partial charge in [-0.2, -0.15) is 0 Å². The number of carboxylic acid groups (broad SMARTS) is 1. The van der Waals surface area contributed by atoms with Gasteiger partial charge in [-0.05, 0) is 80.9 Å². The Bertz CT molecular complexity index is 1100. The van der Waals surface area contributed by atoms with Crippen LogP contribution in [0.5, 0.6) is 5.75 Å². The van der Waals surface area contributed by atoms with E-state index in [1.807, 2.05) is 31.0 Å². The summed E-state index contributed by atoms with van der Waals surface area (Å²) in [4.78, 5) is 21.2. The Kier molecular flexibility index (Phi) is 9.60. The molecule has 208 valence electrons. The number of aliphatic carboxylic acids is 1. The zero-order valence-electron chi connectivity index (χ0n) is 23.3. The van der Waals surface area contributed by atoms with E-state index in [-0.39, 0.29) is 17.7 Å². The SMILES string of the molecule is COc1c(F)cc(C(C)C)cc1[C@H](C(=O)O)N1CC[C@@H](N(C)CCCCC[C@H]2CCc3cccnc3N2)C1. The van der Waals surface area contributed by atoms with Crippen molar-refractivity contribution in [1.29, 1.82) is 0 Å². The standard InChI is InChI=1S/C30H43FN4O3/c1-20(2)22-17-25(28(38-4)26(31)18-22)27(30(36)37)35-16-13-24(19-35)34(3)15-7-5-6-10-23-12-11-21-9-8-14-32-29(21)33-23/h8-9,14,17-18,20,23-24,27H,5-7,10-13,15-16,19H2,1-4H3,(H,32,33)(H,36,37)/t23-,24+,27+/m0/s1. The van der Waals surface area contributed by atoms with Gasteiger partial charge in [0.15, 0.2) is 11.6 Å². The monoisotopic (exact) mass is 526 g/mol. The second kappa shape index (κ2) is 12.9. The van der Waals surface area contributed by atoms with Crippen molar-refractivity contribution in [3.63, 3.8) is 0 Å². The van der Waals surface area contributed by atoms with Gasteiger partial charge in [0.25, 0.3) is 0 Å². The van der Waals surface area contributed by atoms with E-state index in [0.717, 1.165) is 50.0 Å². The number of methoxy groups -OCH3 is 1. The number of carboxylic acids is 1. The average molecular weight is 527 g/mol. The third kappa shape index (κ3) is 6.64.